The van der Waals surface area contributed by atoms with E-state index in [0.717, 1.165) is 24.8 Å². The van der Waals surface area contributed by atoms with Crippen LogP contribution in [0.25, 0.3) is 5.57 Å². The molecule has 9 heteroatoms. The van der Waals surface area contributed by atoms with Crippen molar-refractivity contribution in [2.75, 3.05) is 40.0 Å². The highest BCUT2D eigenvalue weighted by atomic mass is 32.2. The van der Waals surface area contributed by atoms with E-state index in [9.17, 15) is 18.3 Å². The minimum Gasteiger partial charge on any atom is -0.487 e. The van der Waals surface area contributed by atoms with Crippen molar-refractivity contribution >= 4 is 21.5 Å². The van der Waals surface area contributed by atoms with E-state index < -0.39 is 22.2 Å². The lowest BCUT2D eigenvalue weighted by Crippen LogP contribution is -2.50. The van der Waals surface area contributed by atoms with E-state index in [-0.39, 0.29) is 35.8 Å². The van der Waals surface area contributed by atoms with E-state index in [1.165, 1.54) is 16.3 Å². The molecule has 36 heavy (non-hydrogen) atoms. The van der Waals surface area contributed by atoms with Gasteiger partial charge in [-0.15, -0.1) is 0 Å². The molecule has 0 saturated carbocycles. The summed E-state index contributed by atoms with van der Waals surface area (Å²) >= 11 is 0. The van der Waals surface area contributed by atoms with Crippen LogP contribution in [0.1, 0.15) is 57.9 Å². The van der Waals surface area contributed by atoms with E-state index in [2.05, 4.69) is 6.08 Å². The number of hydrogen-bond acceptors (Lipinski definition) is 6. The molecule has 8 nitrogen and oxygen atoms in total. The van der Waals surface area contributed by atoms with Gasteiger partial charge >= 0.3 is 0 Å². The fourth-order valence-corrected chi connectivity index (χ4v) is 7.19. The van der Waals surface area contributed by atoms with Gasteiger partial charge in [-0.25, -0.2) is 8.42 Å². The molecule has 0 aromatic heterocycles. The number of likely N-dealkylation sites (N-methyl/N-ethyl adjacent to an activating group) is 1. The molecule has 1 saturated heterocycles. The summed E-state index contributed by atoms with van der Waals surface area (Å²) in [6, 6.07) is 4.76. The first-order chi connectivity index (χ1) is 17.2. The van der Waals surface area contributed by atoms with Crippen molar-refractivity contribution in [2.24, 2.45) is 11.8 Å². The van der Waals surface area contributed by atoms with E-state index in [4.69, 9.17) is 9.47 Å². The lowest BCUT2D eigenvalue weighted by Gasteiger charge is -2.38. The summed E-state index contributed by atoms with van der Waals surface area (Å²) in [5.41, 5.74) is 2.19. The average molecular weight is 521 g/mol. The van der Waals surface area contributed by atoms with Crippen LogP contribution in [0.5, 0.6) is 5.75 Å². The number of benzene rings is 1. The highest BCUT2D eigenvalue weighted by Gasteiger charge is 2.39. The summed E-state index contributed by atoms with van der Waals surface area (Å²) in [5, 5.41) is 9.85. The van der Waals surface area contributed by atoms with Gasteiger partial charge in [-0.3, -0.25) is 4.79 Å². The molecule has 1 aromatic rings. The monoisotopic (exact) mass is 520 g/mol. The Kier molecular flexibility index (Phi) is 8.75. The lowest BCUT2D eigenvalue weighted by molar-refractivity contribution is -0.138. The first-order valence-corrected chi connectivity index (χ1v) is 14.6. The minimum atomic E-state index is -3.89. The SMILES string of the molecule is C[C@@H]1CN([C@@H](C)CO)S(=O)(=O)c2ccc(C3=CCCCC3)cc2O[C@@H]1CN(C)C(=O)C1CCOCC1. The topological polar surface area (TPSA) is 96.4 Å². The Morgan fingerprint density at radius 2 is 2.00 bits per heavy atom. The van der Waals surface area contributed by atoms with Gasteiger partial charge in [0.2, 0.25) is 15.9 Å². The number of sulfonamides is 1. The van der Waals surface area contributed by atoms with Gasteiger partial charge in [-0.2, -0.15) is 4.31 Å². The largest absolute Gasteiger partial charge is 0.487 e. The molecule has 2 heterocycles. The number of carbonyl (C=O) groups is 1. The van der Waals surface area contributed by atoms with Crippen molar-refractivity contribution < 1.29 is 27.8 Å². The number of allylic oxidation sites excluding steroid dienone is 2. The first kappa shape index (κ1) is 27.1. The molecule has 0 radical (unpaired) electrons. The molecule has 0 spiro atoms. The molecule has 1 fully saturated rings. The number of hydrogen-bond donors (Lipinski definition) is 1. The second-order valence-electron chi connectivity index (χ2n) is 10.5. The molecule has 4 rings (SSSR count). The van der Waals surface area contributed by atoms with Crippen LogP contribution in [0.4, 0.5) is 0 Å². The van der Waals surface area contributed by atoms with E-state index in [1.54, 1.807) is 24.9 Å². The second-order valence-corrected chi connectivity index (χ2v) is 12.3. The van der Waals surface area contributed by atoms with Crippen LogP contribution < -0.4 is 4.74 Å². The average Bonchev–Trinajstić information content (AvgIpc) is 2.90. The van der Waals surface area contributed by atoms with Crippen molar-refractivity contribution in [3.63, 3.8) is 0 Å². The van der Waals surface area contributed by atoms with Crippen molar-refractivity contribution in [3.8, 4) is 5.75 Å². The van der Waals surface area contributed by atoms with Crippen LogP contribution in [-0.2, 0) is 19.6 Å². The fraction of sp³-hybridized carbons (Fsp3) is 0.667. The summed E-state index contributed by atoms with van der Waals surface area (Å²) in [7, 11) is -2.09. The number of aliphatic hydroxyl groups is 1. The lowest BCUT2D eigenvalue weighted by atomic mass is 9.93. The van der Waals surface area contributed by atoms with Gasteiger partial charge in [-0.1, -0.05) is 19.1 Å². The Balaban J connectivity index is 1.68. The molecule has 0 bridgehead atoms. The highest BCUT2D eigenvalue weighted by molar-refractivity contribution is 7.89. The van der Waals surface area contributed by atoms with Crippen LogP contribution in [0.2, 0.25) is 0 Å². The van der Waals surface area contributed by atoms with Crippen molar-refractivity contribution in [2.45, 2.75) is 69.4 Å². The molecule has 3 atom stereocenters. The van der Waals surface area contributed by atoms with E-state index >= 15 is 0 Å². The summed E-state index contributed by atoms with van der Waals surface area (Å²) in [4.78, 5) is 15.0. The Morgan fingerprint density at radius 3 is 2.67 bits per heavy atom. The van der Waals surface area contributed by atoms with Crippen LogP contribution in [0, 0.1) is 11.8 Å². The summed E-state index contributed by atoms with van der Waals surface area (Å²) < 4.78 is 40.7. The number of ether oxygens (including phenoxy) is 2. The number of amides is 1. The van der Waals surface area contributed by atoms with Gasteiger partial charge in [0.15, 0.2) is 0 Å². The molecular formula is C27H40N2O6S. The smallest absolute Gasteiger partial charge is 0.247 e. The molecule has 0 unspecified atom stereocenters. The standard InChI is InChI=1S/C27H40N2O6S/c1-19-16-29(20(2)18-30)36(32,33)26-10-9-23(21-7-5-4-6-8-21)15-24(26)35-25(19)17-28(3)27(31)22-11-13-34-14-12-22/h7,9-10,15,19-20,22,25,30H,4-6,8,11-14,16-18H2,1-3H3/t19-,20+,25-/m1/s1. The Bertz CT molecular complexity index is 1070. The molecule has 1 amide bonds. The Labute approximate surface area is 215 Å². The Morgan fingerprint density at radius 1 is 1.25 bits per heavy atom. The van der Waals surface area contributed by atoms with Gasteiger partial charge in [0.1, 0.15) is 16.7 Å². The molecule has 1 aliphatic carbocycles. The number of nitrogens with zero attached hydrogens (tertiary/aromatic N) is 2. The molecule has 1 N–H and O–H groups in total. The first-order valence-electron chi connectivity index (χ1n) is 13.2. The zero-order valence-electron chi connectivity index (χ0n) is 21.7. The Hall–Kier alpha value is -1.94. The van der Waals surface area contributed by atoms with Crippen molar-refractivity contribution in [3.05, 3.63) is 29.8 Å². The van der Waals surface area contributed by atoms with Gasteiger partial charge in [0, 0.05) is 44.7 Å². The van der Waals surface area contributed by atoms with Crippen LogP contribution in [0.3, 0.4) is 0 Å². The maximum atomic E-state index is 13.7. The quantitative estimate of drug-likeness (QED) is 0.618. The van der Waals surface area contributed by atoms with Gasteiger partial charge in [0.25, 0.3) is 0 Å². The predicted octanol–water partition coefficient (Wildman–Crippen LogP) is 3.30. The number of aliphatic hydroxyl groups excluding tert-OH is 1. The number of carbonyl (C=O) groups excluding carboxylic acids is 1. The summed E-state index contributed by atoms with van der Waals surface area (Å²) in [5.74, 6) is 0.128. The van der Waals surface area contributed by atoms with Gasteiger partial charge in [0.05, 0.1) is 13.2 Å². The predicted molar refractivity (Wildman–Crippen MR) is 138 cm³/mol. The third-order valence-corrected chi connectivity index (χ3v) is 9.75. The van der Waals surface area contributed by atoms with Crippen LogP contribution in [-0.4, -0.2) is 80.7 Å². The van der Waals surface area contributed by atoms with E-state index in [0.29, 0.717) is 38.3 Å². The molecule has 2 aliphatic heterocycles. The zero-order valence-corrected chi connectivity index (χ0v) is 22.5. The van der Waals surface area contributed by atoms with Crippen molar-refractivity contribution in [1.82, 2.24) is 9.21 Å². The van der Waals surface area contributed by atoms with Gasteiger partial charge in [-0.05, 0) is 68.7 Å². The van der Waals surface area contributed by atoms with Crippen molar-refractivity contribution in [1.29, 1.82) is 0 Å². The summed E-state index contributed by atoms with van der Waals surface area (Å²) in [6.45, 7) is 5.12. The molecular weight excluding hydrogens is 480 g/mol. The fourth-order valence-electron chi connectivity index (χ4n) is 5.36. The molecule has 1 aromatic carbocycles. The summed E-state index contributed by atoms with van der Waals surface area (Å²) in [6.07, 6.45) is 7.51. The van der Waals surface area contributed by atoms with E-state index in [1.807, 2.05) is 19.1 Å². The maximum absolute atomic E-state index is 13.7. The molecule has 200 valence electrons. The zero-order chi connectivity index (χ0) is 25.9. The maximum Gasteiger partial charge on any atom is 0.247 e. The third kappa shape index (κ3) is 5.79. The van der Waals surface area contributed by atoms with Crippen LogP contribution in [0.15, 0.2) is 29.2 Å². The number of rotatable bonds is 6. The second kappa shape index (κ2) is 11.6. The minimum absolute atomic E-state index is 0.0592. The normalized spacial score (nSPS) is 26.1. The third-order valence-electron chi connectivity index (χ3n) is 7.73. The highest BCUT2D eigenvalue weighted by Crippen LogP contribution is 2.37. The molecule has 3 aliphatic rings. The van der Waals surface area contributed by atoms with Gasteiger partial charge < -0.3 is 19.5 Å². The van der Waals surface area contributed by atoms with Crippen LogP contribution >= 0.6 is 0 Å². The number of fused-ring (bicyclic) bond motifs is 1.